The molecule has 2 heterocycles. The van der Waals surface area contributed by atoms with E-state index in [0.717, 1.165) is 56.7 Å². The van der Waals surface area contributed by atoms with Crippen LogP contribution >= 0.6 is 24.0 Å². The Kier molecular flexibility index (Phi) is 12.7. The molecule has 2 rings (SSSR count). The Morgan fingerprint density at radius 1 is 1.22 bits per heavy atom. The molecule has 0 bridgehead atoms. The zero-order valence-corrected chi connectivity index (χ0v) is 19.2. The van der Waals surface area contributed by atoms with Crippen molar-refractivity contribution in [2.75, 3.05) is 60.2 Å². The number of hydrogen-bond donors (Lipinski definition) is 2. The molecule has 0 aliphatic carbocycles. The van der Waals surface area contributed by atoms with E-state index in [2.05, 4.69) is 26.6 Å². The number of guanidine groups is 1. The number of aliphatic imine (C=N–C) groups is 1. The summed E-state index contributed by atoms with van der Waals surface area (Å²) in [6, 6.07) is 4.37. The molecule has 7 nitrogen and oxygen atoms in total. The number of aryl methyl sites for hydroxylation is 1. The molecule has 1 aromatic rings. The highest BCUT2D eigenvalue weighted by atomic mass is 127. The van der Waals surface area contributed by atoms with Gasteiger partial charge in [0.2, 0.25) is 0 Å². The summed E-state index contributed by atoms with van der Waals surface area (Å²) < 4.78 is 16.3. The summed E-state index contributed by atoms with van der Waals surface area (Å²) in [6.45, 7) is 7.83. The maximum atomic E-state index is 5.90. The highest BCUT2D eigenvalue weighted by Crippen LogP contribution is 2.26. The molecule has 0 spiro atoms. The predicted molar refractivity (Wildman–Crippen MR) is 119 cm³/mol. The fourth-order valence-corrected chi connectivity index (χ4v) is 3.13. The Labute approximate surface area is 180 Å². The second-order valence-electron chi connectivity index (χ2n) is 6.55. The van der Waals surface area contributed by atoms with E-state index < -0.39 is 0 Å². The number of ether oxygens (including phenoxy) is 2. The highest BCUT2D eigenvalue weighted by molar-refractivity contribution is 14.0. The molecule has 0 saturated carbocycles. The zero-order chi connectivity index (χ0) is 18.6. The van der Waals surface area contributed by atoms with Crippen LogP contribution in [0.2, 0.25) is 0 Å². The standard InChI is InChI=1S/C19H34N4O3.HI/c1-16-7-8-18(26-16)17(23-10-4-5-11-23)15-22-19(20-2)21-9-6-12-25-14-13-24-3;/h7-8,17H,4-6,9-15H2,1-3H3,(H2,20,21,22);1H. The van der Waals surface area contributed by atoms with Crippen molar-refractivity contribution in [2.24, 2.45) is 4.99 Å². The summed E-state index contributed by atoms with van der Waals surface area (Å²) in [5, 5.41) is 6.78. The summed E-state index contributed by atoms with van der Waals surface area (Å²) in [4.78, 5) is 6.81. The topological polar surface area (TPSA) is 71.3 Å². The summed E-state index contributed by atoms with van der Waals surface area (Å²) in [5.41, 5.74) is 0. The number of rotatable bonds is 11. The molecule has 27 heavy (non-hydrogen) atoms. The van der Waals surface area contributed by atoms with Crippen molar-refractivity contribution >= 4 is 29.9 Å². The lowest BCUT2D eigenvalue weighted by Crippen LogP contribution is -2.43. The molecule has 0 aromatic carbocycles. The van der Waals surface area contributed by atoms with Gasteiger partial charge in [0.1, 0.15) is 11.5 Å². The molecule has 1 saturated heterocycles. The number of furan rings is 1. The van der Waals surface area contributed by atoms with Gasteiger partial charge in [-0.15, -0.1) is 24.0 Å². The van der Waals surface area contributed by atoms with E-state index >= 15 is 0 Å². The lowest BCUT2D eigenvalue weighted by Gasteiger charge is -2.26. The third-order valence-electron chi connectivity index (χ3n) is 4.55. The third-order valence-corrected chi connectivity index (χ3v) is 4.55. The van der Waals surface area contributed by atoms with E-state index in [4.69, 9.17) is 13.9 Å². The van der Waals surface area contributed by atoms with Crippen LogP contribution in [0.1, 0.15) is 36.8 Å². The second-order valence-corrected chi connectivity index (χ2v) is 6.55. The van der Waals surface area contributed by atoms with Crippen LogP contribution in [-0.4, -0.2) is 71.0 Å². The number of methoxy groups -OCH3 is 1. The highest BCUT2D eigenvalue weighted by Gasteiger charge is 2.26. The number of likely N-dealkylation sites (tertiary alicyclic amines) is 1. The minimum Gasteiger partial charge on any atom is -0.465 e. The van der Waals surface area contributed by atoms with Crippen LogP contribution < -0.4 is 10.6 Å². The number of nitrogens with one attached hydrogen (secondary N) is 2. The molecule has 0 amide bonds. The van der Waals surface area contributed by atoms with Gasteiger partial charge in [0.15, 0.2) is 5.96 Å². The summed E-state index contributed by atoms with van der Waals surface area (Å²) in [7, 11) is 3.48. The van der Waals surface area contributed by atoms with Gasteiger partial charge in [0.25, 0.3) is 0 Å². The SMILES string of the molecule is CN=C(NCCCOCCOC)NCC(c1ccc(C)o1)N1CCCC1.I. The van der Waals surface area contributed by atoms with Crippen LogP contribution in [0, 0.1) is 6.92 Å². The van der Waals surface area contributed by atoms with E-state index in [-0.39, 0.29) is 30.0 Å². The lowest BCUT2D eigenvalue weighted by molar-refractivity contribution is 0.0698. The van der Waals surface area contributed by atoms with Crippen molar-refractivity contribution in [3.8, 4) is 0 Å². The van der Waals surface area contributed by atoms with E-state index in [9.17, 15) is 0 Å². The maximum Gasteiger partial charge on any atom is 0.191 e. The minimum absolute atomic E-state index is 0. The van der Waals surface area contributed by atoms with Gasteiger partial charge in [-0.1, -0.05) is 0 Å². The van der Waals surface area contributed by atoms with Gasteiger partial charge in [0, 0.05) is 33.9 Å². The molecule has 8 heteroatoms. The number of hydrogen-bond acceptors (Lipinski definition) is 5. The first kappa shape index (κ1) is 24.2. The van der Waals surface area contributed by atoms with Crippen molar-refractivity contribution in [3.05, 3.63) is 23.7 Å². The van der Waals surface area contributed by atoms with Crippen molar-refractivity contribution < 1.29 is 13.9 Å². The summed E-state index contributed by atoms with van der Waals surface area (Å²) in [5.74, 6) is 2.80. The maximum absolute atomic E-state index is 5.90. The van der Waals surface area contributed by atoms with Crippen LogP contribution in [-0.2, 0) is 9.47 Å². The normalized spacial score (nSPS) is 16.2. The third kappa shape index (κ3) is 8.80. The average molecular weight is 494 g/mol. The van der Waals surface area contributed by atoms with Crippen molar-refractivity contribution in [2.45, 2.75) is 32.2 Å². The summed E-state index contributed by atoms with van der Waals surface area (Å²) >= 11 is 0. The molecule has 1 unspecified atom stereocenters. The Balaban J connectivity index is 0.00000364. The first-order valence-electron chi connectivity index (χ1n) is 9.56. The largest absolute Gasteiger partial charge is 0.465 e. The first-order chi connectivity index (χ1) is 12.7. The van der Waals surface area contributed by atoms with E-state index in [1.54, 1.807) is 14.2 Å². The van der Waals surface area contributed by atoms with Crippen molar-refractivity contribution in [1.82, 2.24) is 15.5 Å². The molecule has 0 radical (unpaired) electrons. The van der Waals surface area contributed by atoms with Crippen LogP contribution in [0.15, 0.2) is 21.5 Å². The molecule has 1 aliphatic rings. The Hall–Kier alpha value is -0.840. The van der Waals surface area contributed by atoms with Crippen molar-refractivity contribution in [1.29, 1.82) is 0 Å². The van der Waals surface area contributed by atoms with Gasteiger partial charge in [-0.05, 0) is 51.4 Å². The van der Waals surface area contributed by atoms with Crippen LogP contribution in [0.4, 0.5) is 0 Å². The molecule has 1 fully saturated rings. The van der Waals surface area contributed by atoms with Gasteiger partial charge >= 0.3 is 0 Å². The van der Waals surface area contributed by atoms with Crippen LogP contribution in [0.25, 0.3) is 0 Å². The average Bonchev–Trinajstić information content (AvgIpc) is 3.32. The lowest BCUT2D eigenvalue weighted by atomic mass is 10.2. The van der Waals surface area contributed by atoms with Gasteiger partial charge < -0.3 is 24.5 Å². The predicted octanol–water partition coefficient (Wildman–Crippen LogP) is 2.56. The fraction of sp³-hybridized carbons (Fsp3) is 0.737. The van der Waals surface area contributed by atoms with E-state index in [1.165, 1.54) is 12.8 Å². The molecular weight excluding hydrogens is 459 g/mol. The van der Waals surface area contributed by atoms with Crippen LogP contribution in [0.5, 0.6) is 0 Å². The molecule has 1 aromatic heterocycles. The van der Waals surface area contributed by atoms with Crippen molar-refractivity contribution in [3.63, 3.8) is 0 Å². The first-order valence-corrected chi connectivity index (χ1v) is 9.56. The molecule has 2 N–H and O–H groups in total. The zero-order valence-electron chi connectivity index (χ0n) is 16.8. The smallest absolute Gasteiger partial charge is 0.191 e. The Morgan fingerprint density at radius 3 is 2.63 bits per heavy atom. The molecule has 1 aliphatic heterocycles. The number of nitrogens with zero attached hydrogens (tertiary/aromatic N) is 2. The quantitative estimate of drug-likeness (QED) is 0.213. The Bertz CT molecular complexity index is 533. The van der Waals surface area contributed by atoms with E-state index in [1.807, 2.05) is 13.0 Å². The second kappa shape index (κ2) is 14.2. The minimum atomic E-state index is 0. The van der Waals surface area contributed by atoms with Gasteiger partial charge in [-0.2, -0.15) is 0 Å². The monoisotopic (exact) mass is 494 g/mol. The summed E-state index contributed by atoms with van der Waals surface area (Å²) in [6.07, 6.45) is 3.44. The molecule has 156 valence electrons. The molecular formula is C19H35IN4O3. The van der Waals surface area contributed by atoms with Crippen LogP contribution in [0.3, 0.4) is 0 Å². The molecule has 1 atom stereocenters. The fourth-order valence-electron chi connectivity index (χ4n) is 3.13. The van der Waals surface area contributed by atoms with Gasteiger partial charge in [0.05, 0.1) is 19.3 Å². The van der Waals surface area contributed by atoms with Gasteiger partial charge in [-0.3, -0.25) is 9.89 Å². The van der Waals surface area contributed by atoms with E-state index in [0.29, 0.717) is 13.2 Å². The van der Waals surface area contributed by atoms with Gasteiger partial charge in [-0.25, -0.2) is 0 Å². The Morgan fingerprint density at radius 2 is 2.00 bits per heavy atom. The number of halogens is 1.